The van der Waals surface area contributed by atoms with Crippen molar-refractivity contribution in [3.05, 3.63) is 59.4 Å². The van der Waals surface area contributed by atoms with Gasteiger partial charge in [0, 0.05) is 28.9 Å². The number of nitrogens with two attached hydrogens (primary N) is 1. The number of anilines is 1. The first-order valence-electron chi connectivity index (χ1n) is 7.82. The minimum Gasteiger partial charge on any atom is -0.481 e. The fourth-order valence-electron chi connectivity index (χ4n) is 2.57. The van der Waals surface area contributed by atoms with Crippen LogP contribution in [-0.4, -0.2) is 32.2 Å². The highest BCUT2D eigenvalue weighted by Crippen LogP contribution is 2.35. The van der Waals surface area contributed by atoms with E-state index in [9.17, 15) is 5.11 Å². The monoisotopic (exact) mass is 365 g/mol. The first kappa shape index (κ1) is 16.4. The lowest BCUT2D eigenvalue weighted by atomic mass is 10.2. The Bertz CT molecular complexity index is 1070. The average Bonchev–Trinajstić information content (AvgIpc) is 3.13. The summed E-state index contributed by atoms with van der Waals surface area (Å²) in [4.78, 5) is 18.7. The maximum atomic E-state index is 10.6. The molecule has 4 heterocycles. The Morgan fingerprint density at radius 3 is 2.77 bits per heavy atom. The summed E-state index contributed by atoms with van der Waals surface area (Å²) in [5.74, 6) is 1.31. The Labute approximate surface area is 153 Å². The molecule has 1 unspecified atom stereocenters. The minimum atomic E-state index is -0.834. The number of ether oxygens (including phenoxy) is 1. The van der Waals surface area contributed by atoms with E-state index in [-0.39, 0.29) is 0 Å². The Balaban J connectivity index is 1.78. The fourth-order valence-corrected chi connectivity index (χ4v) is 3.61. The zero-order valence-electron chi connectivity index (χ0n) is 13.8. The number of aromatic nitrogens is 4. The molecule has 4 aromatic rings. The van der Waals surface area contributed by atoms with Gasteiger partial charge in [-0.05, 0) is 24.3 Å². The molecule has 0 aliphatic rings. The third kappa shape index (κ3) is 2.96. The van der Waals surface area contributed by atoms with Gasteiger partial charge in [-0.3, -0.25) is 4.98 Å². The Morgan fingerprint density at radius 2 is 2.00 bits per heavy atom. The van der Waals surface area contributed by atoms with Crippen LogP contribution in [0.4, 0.5) is 5.82 Å². The second kappa shape index (κ2) is 6.66. The summed E-state index contributed by atoms with van der Waals surface area (Å²) >= 11 is 1.37. The van der Waals surface area contributed by atoms with Crippen molar-refractivity contribution in [2.45, 2.75) is 6.10 Å². The van der Waals surface area contributed by atoms with Crippen molar-refractivity contribution in [2.75, 3.05) is 12.8 Å². The van der Waals surface area contributed by atoms with Gasteiger partial charge in [-0.1, -0.05) is 6.07 Å². The number of rotatable bonds is 4. The van der Waals surface area contributed by atoms with E-state index in [0.29, 0.717) is 38.3 Å². The zero-order chi connectivity index (χ0) is 18.1. The molecular weight excluding hydrogens is 350 g/mol. The van der Waals surface area contributed by atoms with Crippen LogP contribution in [-0.2, 0) is 0 Å². The van der Waals surface area contributed by atoms with Crippen LogP contribution in [0.15, 0.2) is 48.8 Å². The standard InChI is InChI=1S/C18H15N5O2S/c1-25-14-8-10(5-7-21-14)17-22-16(19)11-9-13(26-18(11)23-17)15(24)12-4-2-3-6-20-12/h2-9,15,24H,1H3,(H2,19,22,23). The van der Waals surface area contributed by atoms with Crippen LogP contribution in [0.2, 0.25) is 0 Å². The summed E-state index contributed by atoms with van der Waals surface area (Å²) in [6.45, 7) is 0. The summed E-state index contributed by atoms with van der Waals surface area (Å²) in [6, 6.07) is 10.8. The van der Waals surface area contributed by atoms with Crippen molar-refractivity contribution in [1.82, 2.24) is 19.9 Å². The van der Waals surface area contributed by atoms with Gasteiger partial charge in [-0.2, -0.15) is 0 Å². The zero-order valence-corrected chi connectivity index (χ0v) is 14.6. The number of nitrogen functional groups attached to an aromatic ring is 1. The fraction of sp³-hybridized carbons (Fsp3) is 0.111. The molecule has 3 N–H and O–H groups in total. The molecule has 130 valence electrons. The van der Waals surface area contributed by atoms with Crippen molar-refractivity contribution in [3.63, 3.8) is 0 Å². The molecule has 1 atom stereocenters. The maximum Gasteiger partial charge on any atom is 0.213 e. The van der Waals surface area contributed by atoms with Gasteiger partial charge >= 0.3 is 0 Å². The van der Waals surface area contributed by atoms with E-state index in [2.05, 4.69) is 19.9 Å². The topological polar surface area (TPSA) is 107 Å². The number of thiophene rings is 1. The summed E-state index contributed by atoms with van der Waals surface area (Å²) in [6.07, 6.45) is 2.44. The van der Waals surface area contributed by atoms with E-state index in [0.717, 1.165) is 5.56 Å². The van der Waals surface area contributed by atoms with Gasteiger partial charge in [0.1, 0.15) is 16.8 Å². The van der Waals surface area contributed by atoms with Gasteiger partial charge in [0.05, 0.1) is 18.2 Å². The lowest BCUT2D eigenvalue weighted by molar-refractivity contribution is 0.219. The van der Waals surface area contributed by atoms with E-state index < -0.39 is 6.10 Å². The van der Waals surface area contributed by atoms with E-state index >= 15 is 0 Å². The lowest BCUT2D eigenvalue weighted by Crippen LogP contribution is -1.99. The molecule has 4 rings (SSSR count). The predicted molar refractivity (Wildman–Crippen MR) is 99.9 cm³/mol. The maximum absolute atomic E-state index is 10.6. The SMILES string of the molecule is COc1cc(-c2nc(N)c3cc(C(O)c4ccccn4)sc3n2)ccn1. The highest BCUT2D eigenvalue weighted by molar-refractivity contribution is 7.18. The number of aliphatic hydroxyl groups excluding tert-OH is 1. The quantitative estimate of drug-likeness (QED) is 0.572. The van der Waals surface area contributed by atoms with Crippen LogP contribution >= 0.6 is 11.3 Å². The molecule has 0 aliphatic carbocycles. The van der Waals surface area contributed by atoms with Gasteiger partial charge in [0.25, 0.3) is 0 Å². The molecule has 26 heavy (non-hydrogen) atoms. The van der Waals surface area contributed by atoms with E-state index in [1.165, 1.54) is 11.3 Å². The van der Waals surface area contributed by atoms with Crippen LogP contribution < -0.4 is 10.5 Å². The second-order valence-electron chi connectivity index (χ2n) is 5.54. The predicted octanol–water partition coefficient (Wildman–Crippen LogP) is 2.82. The van der Waals surface area contributed by atoms with Gasteiger partial charge in [-0.15, -0.1) is 11.3 Å². The third-order valence-electron chi connectivity index (χ3n) is 3.88. The van der Waals surface area contributed by atoms with E-state index in [1.54, 1.807) is 43.8 Å². The van der Waals surface area contributed by atoms with Crippen LogP contribution in [0, 0.1) is 0 Å². The third-order valence-corrected chi connectivity index (χ3v) is 4.96. The highest BCUT2D eigenvalue weighted by Gasteiger charge is 2.18. The lowest BCUT2D eigenvalue weighted by Gasteiger charge is -2.06. The minimum absolute atomic E-state index is 0.358. The largest absolute Gasteiger partial charge is 0.481 e. The van der Waals surface area contributed by atoms with Crippen molar-refractivity contribution < 1.29 is 9.84 Å². The molecule has 0 saturated heterocycles. The van der Waals surface area contributed by atoms with Gasteiger partial charge in [-0.25, -0.2) is 15.0 Å². The van der Waals surface area contributed by atoms with Crippen LogP contribution in [0.25, 0.3) is 21.6 Å². The van der Waals surface area contributed by atoms with Crippen molar-refractivity contribution >= 4 is 27.4 Å². The van der Waals surface area contributed by atoms with Crippen LogP contribution in [0.3, 0.4) is 0 Å². The molecule has 0 fully saturated rings. The molecule has 7 nitrogen and oxygen atoms in total. The molecule has 0 bridgehead atoms. The molecule has 0 aromatic carbocycles. The Hall–Kier alpha value is -3.10. The summed E-state index contributed by atoms with van der Waals surface area (Å²) in [7, 11) is 1.55. The number of methoxy groups -OCH3 is 1. The number of nitrogens with zero attached hydrogens (tertiary/aromatic N) is 4. The number of hydrogen-bond donors (Lipinski definition) is 2. The van der Waals surface area contributed by atoms with E-state index in [4.69, 9.17) is 10.5 Å². The molecule has 0 saturated carbocycles. The molecular formula is C18H15N5O2S. The normalized spacial score (nSPS) is 12.2. The average molecular weight is 365 g/mol. The molecule has 0 spiro atoms. The van der Waals surface area contributed by atoms with Crippen molar-refractivity contribution in [1.29, 1.82) is 0 Å². The second-order valence-corrected chi connectivity index (χ2v) is 6.61. The Kier molecular flexibility index (Phi) is 4.19. The van der Waals surface area contributed by atoms with Gasteiger partial charge in [0.2, 0.25) is 5.88 Å². The van der Waals surface area contributed by atoms with Gasteiger partial charge < -0.3 is 15.6 Å². The number of pyridine rings is 2. The Morgan fingerprint density at radius 1 is 1.12 bits per heavy atom. The summed E-state index contributed by atoms with van der Waals surface area (Å²) < 4.78 is 5.14. The van der Waals surface area contributed by atoms with E-state index in [1.807, 2.05) is 12.1 Å². The van der Waals surface area contributed by atoms with Crippen molar-refractivity contribution in [2.24, 2.45) is 0 Å². The van der Waals surface area contributed by atoms with Gasteiger partial charge in [0.15, 0.2) is 5.82 Å². The summed E-state index contributed by atoms with van der Waals surface area (Å²) in [5.41, 5.74) is 7.46. The summed E-state index contributed by atoms with van der Waals surface area (Å²) in [5, 5.41) is 11.3. The van der Waals surface area contributed by atoms with Crippen LogP contribution in [0.5, 0.6) is 5.88 Å². The molecule has 0 amide bonds. The first-order valence-corrected chi connectivity index (χ1v) is 8.63. The first-order chi connectivity index (χ1) is 12.7. The number of hydrogen-bond acceptors (Lipinski definition) is 8. The van der Waals surface area contributed by atoms with Crippen LogP contribution in [0.1, 0.15) is 16.7 Å². The molecule has 8 heteroatoms. The number of aliphatic hydroxyl groups is 1. The molecule has 0 radical (unpaired) electrons. The molecule has 4 aromatic heterocycles. The smallest absolute Gasteiger partial charge is 0.213 e. The van der Waals surface area contributed by atoms with Crippen molar-refractivity contribution in [3.8, 4) is 17.3 Å². The number of fused-ring (bicyclic) bond motifs is 1. The highest BCUT2D eigenvalue weighted by atomic mass is 32.1. The molecule has 0 aliphatic heterocycles.